The molecule has 2 aromatic heterocycles. The molecule has 1 N–H and O–H groups in total. The Hall–Kier alpha value is -3.01. The average Bonchev–Trinajstić information content (AvgIpc) is 3.30. The number of aryl methyl sites for hydroxylation is 1. The Balaban J connectivity index is 1.34. The van der Waals surface area contributed by atoms with Crippen molar-refractivity contribution in [2.75, 3.05) is 5.32 Å². The summed E-state index contributed by atoms with van der Waals surface area (Å²) in [6.45, 7) is 0. The maximum absolute atomic E-state index is 13.0. The molecule has 0 bridgehead atoms. The van der Waals surface area contributed by atoms with Gasteiger partial charge in [-0.25, -0.2) is 0 Å². The van der Waals surface area contributed by atoms with E-state index in [-0.39, 0.29) is 30.2 Å². The number of halogens is 2. The Morgan fingerprint density at radius 2 is 2.08 bits per heavy atom. The predicted octanol–water partition coefficient (Wildman–Crippen LogP) is 3.69. The van der Waals surface area contributed by atoms with Crippen LogP contribution in [0.25, 0.3) is 10.7 Å². The van der Waals surface area contributed by atoms with Crippen LogP contribution in [0.3, 0.4) is 0 Å². The van der Waals surface area contributed by atoms with Gasteiger partial charge in [-0.2, -0.15) is 4.98 Å². The van der Waals surface area contributed by atoms with Gasteiger partial charge in [0.25, 0.3) is 0 Å². The van der Waals surface area contributed by atoms with Crippen LogP contribution >= 0.6 is 11.3 Å². The van der Waals surface area contributed by atoms with Gasteiger partial charge in [0, 0.05) is 24.6 Å². The molecule has 1 aliphatic rings. The number of thiophene rings is 1. The Morgan fingerprint density at radius 3 is 2.88 bits per heavy atom. The lowest BCUT2D eigenvalue weighted by Gasteiger charge is -2.05. The van der Waals surface area contributed by atoms with Crippen molar-refractivity contribution in [3.8, 4) is 22.2 Å². The van der Waals surface area contributed by atoms with Gasteiger partial charge in [0.1, 0.15) is 0 Å². The molecule has 1 aliphatic heterocycles. The molecule has 0 radical (unpaired) electrons. The largest absolute Gasteiger partial charge is 0.586 e. The fourth-order valence-electron chi connectivity index (χ4n) is 2.33. The first-order chi connectivity index (χ1) is 12.5. The summed E-state index contributed by atoms with van der Waals surface area (Å²) >= 11 is 1.49. The number of hydrogen-bond acceptors (Lipinski definition) is 7. The van der Waals surface area contributed by atoms with Crippen molar-refractivity contribution in [2.24, 2.45) is 0 Å². The van der Waals surface area contributed by atoms with Crippen LogP contribution < -0.4 is 14.8 Å². The zero-order chi connectivity index (χ0) is 18.1. The standard InChI is InChI=1S/C16H11F2N3O4S/c17-16(18)23-10-4-3-9(8-11(10)24-16)19-13(22)5-6-14-20-15(21-25-14)12-2-1-7-26-12/h1-4,7-8H,5-6H2,(H,19,22). The van der Waals surface area contributed by atoms with Gasteiger partial charge in [-0.3, -0.25) is 4.79 Å². The van der Waals surface area contributed by atoms with Crippen molar-refractivity contribution in [3.05, 3.63) is 41.6 Å². The van der Waals surface area contributed by atoms with Gasteiger partial charge < -0.3 is 19.3 Å². The number of hydrogen-bond donors (Lipinski definition) is 1. The molecule has 0 saturated carbocycles. The maximum atomic E-state index is 13.0. The van der Waals surface area contributed by atoms with E-state index in [1.165, 1.54) is 29.5 Å². The van der Waals surface area contributed by atoms with Gasteiger partial charge in [0.05, 0.1) is 4.88 Å². The van der Waals surface area contributed by atoms with E-state index in [2.05, 4.69) is 24.9 Å². The van der Waals surface area contributed by atoms with E-state index in [0.717, 1.165) is 4.88 Å². The number of ether oxygens (including phenoxy) is 2. The van der Waals surface area contributed by atoms with Gasteiger partial charge in [0.2, 0.25) is 17.6 Å². The highest BCUT2D eigenvalue weighted by Crippen LogP contribution is 2.42. The van der Waals surface area contributed by atoms with Crippen LogP contribution in [0.5, 0.6) is 11.5 Å². The first kappa shape index (κ1) is 16.5. The van der Waals surface area contributed by atoms with Crippen molar-refractivity contribution in [1.29, 1.82) is 0 Å². The molecular weight excluding hydrogens is 368 g/mol. The fraction of sp³-hybridized carbons (Fsp3) is 0.188. The Bertz CT molecular complexity index is 943. The molecule has 0 atom stereocenters. The lowest BCUT2D eigenvalue weighted by molar-refractivity contribution is -0.286. The average molecular weight is 379 g/mol. The molecule has 10 heteroatoms. The minimum atomic E-state index is -3.69. The summed E-state index contributed by atoms with van der Waals surface area (Å²) in [5, 5.41) is 8.36. The number of nitrogens with zero attached hydrogens (tertiary/aromatic N) is 2. The lowest BCUT2D eigenvalue weighted by atomic mass is 10.2. The highest BCUT2D eigenvalue weighted by molar-refractivity contribution is 7.13. The summed E-state index contributed by atoms with van der Waals surface area (Å²) in [5.41, 5.74) is 0.319. The first-order valence-electron chi connectivity index (χ1n) is 7.55. The van der Waals surface area contributed by atoms with E-state index in [1.807, 2.05) is 17.5 Å². The summed E-state index contributed by atoms with van der Waals surface area (Å²) in [5.74, 6) is 0.276. The summed E-state index contributed by atoms with van der Waals surface area (Å²) < 4.78 is 39.7. The SMILES string of the molecule is O=C(CCc1nc(-c2cccs2)no1)Nc1ccc2c(c1)OC(F)(F)O2. The first-order valence-corrected chi connectivity index (χ1v) is 8.43. The Labute approximate surface area is 149 Å². The number of rotatable bonds is 5. The number of benzene rings is 1. The van der Waals surface area contributed by atoms with Crippen LogP contribution in [-0.4, -0.2) is 22.3 Å². The number of nitrogens with one attached hydrogen (secondary N) is 1. The van der Waals surface area contributed by atoms with Crippen LogP contribution in [0.2, 0.25) is 0 Å². The number of amides is 1. The van der Waals surface area contributed by atoms with Gasteiger partial charge >= 0.3 is 6.29 Å². The summed E-state index contributed by atoms with van der Waals surface area (Å²) in [6, 6.07) is 7.77. The third-order valence-electron chi connectivity index (χ3n) is 3.46. The van der Waals surface area contributed by atoms with Crippen LogP contribution in [0.1, 0.15) is 12.3 Å². The molecule has 3 heterocycles. The van der Waals surface area contributed by atoms with E-state index in [0.29, 0.717) is 17.4 Å². The highest BCUT2D eigenvalue weighted by Gasteiger charge is 2.43. The minimum absolute atomic E-state index is 0.0834. The van der Waals surface area contributed by atoms with Crippen molar-refractivity contribution in [1.82, 2.24) is 10.1 Å². The van der Waals surface area contributed by atoms with Crippen molar-refractivity contribution < 1.29 is 27.6 Å². The molecular formula is C16H11F2N3O4S. The third kappa shape index (κ3) is 3.49. The van der Waals surface area contributed by atoms with Crippen molar-refractivity contribution in [3.63, 3.8) is 0 Å². The Morgan fingerprint density at radius 1 is 1.23 bits per heavy atom. The van der Waals surface area contributed by atoms with Gasteiger partial charge in [-0.05, 0) is 23.6 Å². The molecule has 0 fully saturated rings. The molecule has 1 amide bonds. The smallest absolute Gasteiger partial charge is 0.395 e. The summed E-state index contributed by atoms with van der Waals surface area (Å²) in [7, 11) is 0. The van der Waals surface area contributed by atoms with E-state index in [1.54, 1.807) is 0 Å². The molecule has 7 nitrogen and oxygen atoms in total. The number of anilines is 1. The second-order valence-corrected chi connectivity index (χ2v) is 6.31. The summed E-state index contributed by atoms with van der Waals surface area (Å²) in [6.07, 6.45) is -3.34. The number of alkyl halides is 2. The zero-order valence-corrected chi connectivity index (χ0v) is 13.9. The quantitative estimate of drug-likeness (QED) is 0.728. The van der Waals surface area contributed by atoms with Gasteiger partial charge in [-0.1, -0.05) is 11.2 Å². The molecule has 0 spiro atoms. The third-order valence-corrected chi connectivity index (χ3v) is 4.33. The van der Waals surface area contributed by atoms with Crippen molar-refractivity contribution >= 4 is 22.9 Å². The number of carbonyl (C=O) groups excluding carboxylic acids is 1. The molecule has 3 aromatic rings. The molecule has 0 unspecified atom stereocenters. The van der Waals surface area contributed by atoms with Gasteiger partial charge in [-0.15, -0.1) is 20.1 Å². The summed E-state index contributed by atoms with van der Waals surface area (Å²) in [4.78, 5) is 17.1. The highest BCUT2D eigenvalue weighted by atomic mass is 32.1. The molecule has 26 heavy (non-hydrogen) atoms. The predicted molar refractivity (Wildman–Crippen MR) is 87.2 cm³/mol. The van der Waals surface area contributed by atoms with Crippen LogP contribution in [-0.2, 0) is 11.2 Å². The van der Waals surface area contributed by atoms with Crippen LogP contribution in [0, 0.1) is 0 Å². The van der Waals surface area contributed by atoms with Crippen LogP contribution in [0.4, 0.5) is 14.5 Å². The van der Waals surface area contributed by atoms with E-state index in [9.17, 15) is 13.6 Å². The second-order valence-electron chi connectivity index (χ2n) is 5.37. The maximum Gasteiger partial charge on any atom is 0.586 e. The lowest BCUT2D eigenvalue weighted by Crippen LogP contribution is -2.25. The number of fused-ring (bicyclic) bond motifs is 1. The monoisotopic (exact) mass is 379 g/mol. The molecule has 134 valence electrons. The molecule has 1 aromatic carbocycles. The van der Waals surface area contributed by atoms with Crippen LogP contribution in [0.15, 0.2) is 40.2 Å². The van der Waals surface area contributed by atoms with E-state index >= 15 is 0 Å². The number of aromatic nitrogens is 2. The van der Waals surface area contributed by atoms with E-state index < -0.39 is 6.29 Å². The normalized spacial score (nSPS) is 14.4. The topological polar surface area (TPSA) is 86.5 Å². The van der Waals surface area contributed by atoms with Gasteiger partial charge in [0.15, 0.2) is 11.5 Å². The molecule has 0 saturated heterocycles. The minimum Gasteiger partial charge on any atom is -0.395 e. The molecule has 4 rings (SSSR count). The Kier molecular flexibility index (Phi) is 4.03. The fourth-order valence-corrected chi connectivity index (χ4v) is 2.98. The number of carbonyl (C=O) groups is 1. The zero-order valence-electron chi connectivity index (χ0n) is 13.1. The second kappa shape index (κ2) is 6.37. The van der Waals surface area contributed by atoms with Crippen molar-refractivity contribution in [2.45, 2.75) is 19.1 Å². The molecule has 0 aliphatic carbocycles. The van der Waals surface area contributed by atoms with E-state index in [4.69, 9.17) is 4.52 Å².